The van der Waals surface area contributed by atoms with E-state index in [9.17, 15) is 14.0 Å². The molecule has 0 aliphatic carbocycles. The topological polar surface area (TPSA) is 75.4 Å². The number of nitrogens with zero attached hydrogens (tertiary/aromatic N) is 1. The number of benzene rings is 2. The average molecular weight is 336 g/mol. The maximum atomic E-state index is 13.6. The van der Waals surface area contributed by atoms with E-state index >= 15 is 0 Å². The van der Waals surface area contributed by atoms with Crippen molar-refractivity contribution >= 4 is 34.8 Å². The van der Waals surface area contributed by atoms with Gasteiger partial charge in [0.2, 0.25) is 0 Å². The third-order valence-electron chi connectivity index (χ3n) is 3.11. The normalized spacial score (nSPS) is 10.3. The van der Waals surface area contributed by atoms with Crippen molar-refractivity contribution in [3.8, 4) is 0 Å². The number of nitrogens with one attached hydrogen (secondary N) is 1. The summed E-state index contributed by atoms with van der Waals surface area (Å²) in [5.41, 5.74) is 6.02. The van der Waals surface area contributed by atoms with Crippen LogP contribution in [0.4, 0.5) is 15.8 Å². The SMILES string of the molecule is CN(C)C(=O)c1cccc(NC(=O)c2cc(Cl)cc(F)c2N)c1. The van der Waals surface area contributed by atoms with Gasteiger partial charge in [-0.1, -0.05) is 17.7 Å². The molecule has 2 aromatic carbocycles. The van der Waals surface area contributed by atoms with Crippen molar-refractivity contribution in [1.29, 1.82) is 0 Å². The first-order valence-electron chi connectivity index (χ1n) is 6.67. The molecule has 3 N–H and O–H groups in total. The van der Waals surface area contributed by atoms with Gasteiger partial charge in [0.1, 0.15) is 5.82 Å². The monoisotopic (exact) mass is 335 g/mol. The van der Waals surface area contributed by atoms with Crippen LogP contribution in [0.2, 0.25) is 5.02 Å². The van der Waals surface area contributed by atoms with Gasteiger partial charge in [0.05, 0.1) is 11.3 Å². The van der Waals surface area contributed by atoms with E-state index in [1.165, 1.54) is 17.0 Å². The van der Waals surface area contributed by atoms with Crippen LogP contribution in [0.1, 0.15) is 20.7 Å². The van der Waals surface area contributed by atoms with E-state index in [2.05, 4.69) is 5.32 Å². The molecule has 0 heterocycles. The van der Waals surface area contributed by atoms with Crippen molar-refractivity contribution < 1.29 is 14.0 Å². The summed E-state index contributed by atoms with van der Waals surface area (Å²) in [6, 6.07) is 8.71. The largest absolute Gasteiger partial charge is 0.396 e. The molecular formula is C16H15ClFN3O2. The van der Waals surface area contributed by atoms with Gasteiger partial charge in [-0.15, -0.1) is 0 Å². The van der Waals surface area contributed by atoms with E-state index in [1.54, 1.807) is 32.3 Å². The van der Waals surface area contributed by atoms with E-state index in [-0.39, 0.29) is 22.2 Å². The minimum atomic E-state index is -0.765. The van der Waals surface area contributed by atoms with Crippen LogP contribution in [-0.2, 0) is 0 Å². The molecule has 120 valence electrons. The van der Waals surface area contributed by atoms with Crippen molar-refractivity contribution in [2.45, 2.75) is 0 Å². The van der Waals surface area contributed by atoms with E-state index in [0.717, 1.165) is 6.07 Å². The fraction of sp³-hybridized carbons (Fsp3) is 0.125. The molecule has 23 heavy (non-hydrogen) atoms. The Balaban J connectivity index is 2.28. The standard InChI is InChI=1S/C16H15ClFN3O2/c1-21(2)16(23)9-4-3-5-11(6-9)20-15(22)12-7-10(17)8-13(18)14(12)19/h3-8H,19H2,1-2H3,(H,20,22). The molecule has 0 radical (unpaired) electrons. The third-order valence-corrected chi connectivity index (χ3v) is 3.33. The predicted octanol–water partition coefficient (Wildman–Crippen LogP) is 3.02. The van der Waals surface area contributed by atoms with Crippen LogP contribution in [0.15, 0.2) is 36.4 Å². The lowest BCUT2D eigenvalue weighted by molar-refractivity contribution is 0.0827. The van der Waals surface area contributed by atoms with Crippen LogP contribution >= 0.6 is 11.6 Å². The molecule has 0 atom stereocenters. The van der Waals surface area contributed by atoms with Gasteiger partial charge in [0, 0.05) is 30.4 Å². The summed E-state index contributed by atoms with van der Waals surface area (Å²) >= 11 is 5.75. The van der Waals surface area contributed by atoms with Gasteiger partial charge in [-0.05, 0) is 30.3 Å². The molecule has 0 unspecified atom stereocenters. The van der Waals surface area contributed by atoms with Crippen LogP contribution in [0.3, 0.4) is 0 Å². The zero-order valence-corrected chi connectivity index (χ0v) is 13.3. The Hall–Kier alpha value is -2.60. The molecule has 0 spiro atoms. The van der Waals surface area contributed by atoms with Crippen molar-refractivity contribution in [2.24, 2.45) is 0 Å². The lowest BCUT2D eigenvalue weighted by atomic mass is 10.1. The van der Waals surface area contributed by atoms with Gasteiger partial charge in [0.25, 0.3) is 11.8 Å². The molecule has 0 aliphatic heterocycles. The summed E-state index contributed by atoms with van der Waals surface area (Å²) in [5, 5.41) is 2.64. The van der Waals surface area contributed by atoms with Gasteiger partial charge < -0.3 is 16.0 Å². The number of carbonyl (C=O) groups excluding carboxylic acids is 2. The van der Waals surface area contributed by atoms with Crippen molar-refractivity contribution in [3.63, 3.8) is 0 Å². The summed E-state index contributed by atoms with van der Waals surface area (Å²) in [7, 11) is 3.26. The van der Waals surface area contributed by atoms with E-state index in [1.807, 2.05) is 0 Å². The molecule has 2 amide bonds. The average Bonchev–Trinajstić information content (AvgIpc) is 2.50. The zero-order valence-electron chi connectivity index (χ0n) is 12.6. The Morgan fingerprint density at radius 1 is 1.22 bits per heavy atom. The number of amides is 2. The van der Waals surface area contributed by atoms with Crippen molar-refractivity contribution in [2.75, 3.05) is 25.1 Å². The first-order chi connectivity index (χ1) is 10.8. The smallest absolute Gasteiger partial charge is 0.257 e. The molecule has 0 saturated carbocycles. The number of rotatable bonds is 3. The first-order valence-corrected chi connectivity index (χ1v) is 7.05. The van der Waals surface area contributed by atoms with Crippen LogP contribution in [-0.4, -0.2) is 30.8 Å². The molecule has 7 heteroatoms. The van der Waals surface area contributed by atoms with Crippen LogP contribution < -0.4 is 11.1 Å². The van der Waals surface area contributed by atoms with Gasteiger partial charge in [-0.2, -0.15) is 0 Å². The number of nitrogen functional groups attached to an aromatic ring is 1. The van der Waals surface area contributed by atoms with Crippen molar-refractivity contribution in [1.82, 2.24) is 4.90 Å². The molecule has 0 aliphatic rings. The van der Waals surface area contributed by atoms with Gasteiger partial charge in [-0.25, -0.2) is 4.39 Å². The lowest BCUT2D eigenvalue weighted by Crippen LogP contribution is -2.22. The van der Waals surface area contributed by atoms with Crippen molar-refractivity contribution in [3.05, 3.63) is 58.4 Å². The van der Waals surface area contributed by atoms with Gasteiger partial charge in [0.15, 0.2) is 0 Å². The number of halogens is 2. The highest BCUT2D eigenvalue weighted by molar-refractivity contribution is 6.31. The Bertz CT molecular complexity index is 778. The summed E-state index contributed by atoms with van der Waals surface area (Å²) in [6.45, 7) is 0. The van der Waals surface area contributed by atoms with E-state index in [0.29, 0.717) is 11.3 Å². The molecule has 0 aromatic heterocycles. The molecule has 2 aromatic rings. The molecule has 0 fully saturated rings. The highest BCUT2D eigenvalue weighted by atomic mass is 35.5. The number of nitrogens with two attached hydrogens (primary N) is 1. The number of hydrogen-bond donors (Lipinski definition) is 2. The second-order valence-electron chi connectivity index (χ2n) is 5.08. The first kappa shape index (κ1) is 16.8. The summed E-state index contributed by atoms with van der Waals surface area (Å²) in [5.74, 6) is -1.58. The minimum Gasteiger partial charge on any atom is -0.396 e. The van der Waals surface area contributed by atoms with E-state index < -0.39 is 11.7 Å². The highest BCUT2D eigenvalue weighted by Gasteiger charge is 2.16. The van der Waals surface area contributed by atoms with Gasteiger partial charge >= 0.3 is 0 Å². The molecular weight excluding hydrogens is 321 g/mol. The second-order valence-corrected chi connectivity index (χ2v) is 5.52. The second kappa shape index (κ2) is 6.66. The fourth-order valence-electron chi connectivity index (χ4n) is 1.96. The Labute approximate surface area is 137 Å². The minimum absolute atomic E-state index is 0.0680. The molecule has 5 nitrogen and oxygen atoms in total. The van der Waals surface area contributed by atoms with Crippen LogP contribution in [0, 0.1) is 5.82 Å². The molecule has 2 rings (SSSR count). The maximum absolute atomic E-state index is 13.6. The van der Waals surface area contributed by atoms with E-state index in [4.69, 9.17) is 17.3 Å². The number of hydrogen-bond acceptors (Lipinski definition) is 3. The summed E-state index contributed by atoms with van der Waals surface area (Å²) in [4.78, 5) is 25.6. The lowest BCUT2D eigenvalue weighted by Gasteiger charge is -2.12. The summed E-state index contributed by atoms with van der Waals surface area (Å²) in [6.07, 6.45) is 0. The highest BCUT2D eigenvalue weighted by Crippen LogP contribution is 2.23. The van der Waals surface area contributed by atoms with Crippen LogP contribution in [0.5, 0.6) is 0 Å². The maximum Gasteiger partial charge on any atom is 0.257 e. The Morgan fingerprint density at radius 3 is 2.57 bits per heavy atom. The molecule has 0 saturated heterocycles. The Kier molecular flexibility index (Phi) is 4.86. The number of anilines is 2. The quantitative estimate of drug-likeness (QED) is 0.847. The van der Waals surface area contributed by atoms with Gasteiger partial charge in [-0.3, -0.25) is 9.59 Å². The van der Waals surface area contributed by atoms with Crippen LogP contribution in [0.25, 0.3) is 0 Å². The Morgan fingerprint density at radius 2 is 1.91 bits per heavy atom. The molecule has 0 bridgehead atoms. The third kappa shape index (κ3) is 3.78. The predicted molar refractivity (Wildman–Crippen MR) is 88.2 cm³/mol. The number of carbonyl (C=O) groups is 2. The zero-order chi connectivity index (χ0) is 17.1. The fourth-order valence-corrected chi connectivity index (χ4v) is 2.16. The summed E-state index contributed by atoms with van der Waals surface area (Å²) < 4.78 is 13.6.